The molecule has 0 saturated heterocycles. The summed E-state index contributed by atoms with van der Waals surface area (Å²) < 4.78 is 1.89. The van der Waals surface area contributed by atoms with Gasteiger partial charge in [-0.2, -0.15) is 0 Å². The third-order valence-corrected chi connectivity index (χ3v) is 5.19. The molecule has 33 heavy (non-hydrogen) atoms. The number of amides is 1. The van der Waals surface area contributed by atoms with Gasteiger partial charge in [0.15, 0.2) is 0 Å². The summed E-state index contributed by atoms with van der Waals surface area (Å²) in [6, 6.07) is 16.8. The number of rotatable bonds is 9. The Kier molecular flexibility index (Phi) is 7.65. The highest BCUT2D eigenvalue weighted by Gasteiger charge is 2.26. The Balaban J connectivity index is 1.63. The summed E-state index contributed by atoms with van der Waals surface area (Å²) >= 11 is 0. The molecule has 10 heteroatoms. The van der Waals surface area contributed by atoms with Gasteiger partial charge in [-0.25, -0.2) is 9.36 Å². The van der Waals surface area contributed by atoms with E-state index < -0.39 is 36.2 Å². The Morgan fingerprint density at radius 3 is 2.36 bits per heavy atom. The molecule has 0 unspecified atom stereocenters. The van der Waals surface area contributed by atoms with Crippen LogP contribution in [0.2, 0.25) is 0 Å². The van der Waals surface area contributed by atoms with Crippen LogP contribution in [0.4, 0.5) is 5.82 Å². The van der Waals surface area contributed by atoms with Crippen molar-refractivity contribution in [2.45, 2.75) is 25.3 Å². The van der Waals surface area contributed by atoms with Gasteiger partial charge >= 0.3 is 13.1 Å². The van der Waals surface area contributed by atoms with Crippen LogP contribution in [-0.2, 0) is 24.2 Å². The average Bonchev–Trinajstić information content (AvgIpc) is 2.77. The number of aromatic nitrogens is 1. The van der Waals surface area contributed by atoms with Crippen molar-refractivity contribution < 1.29 is 34.4 Å². The van der Waals surface area contributed by atoms with Crippen molar-refractivity contribution in [3.8, 4) is 5.75 Å². The summed E-state index contributed by atoms with van der Waals surface area (Å²) in [5.41, 5.74) is 7.30. The Bertz CT molecular complexity index is 1140. The number of nitrogens with one attached hydrogen (secondary N) is 1. The quantitative estimate of drug-likeness (QED) is 0.221. The van der Waals surface area contributed by atoms with Crippen LogP contribution in [0.15, 0.2) is 66.9 Å². The highest BCUT2D eigenvalue weighted by Crippen LogP contribution is 2.21. The highest BCUT2D eigenvalue weighted by molar-refractivity contribution is 6.43. The van der Waals surface area contributed by atoms with Gasteiger partial charge in [0, 0.05) is 6.07 Å². The lowest BCUT2D eigenvalue weighted by atomic mass is 9.75. The van der Waals surface area contributed by atoms with Gasteiger partial charge in [-0.1, -0.05) is 53.8 Å². The second kappa shape index (κ2) is 10.6. The molecule has 0 radical (unpaired) electrons. The summed E-state index contributed by atoms with van der Waals surface area (Å²) in [5.74, 6) is -3.11. The molecule has 1 amide bonds. The molecule has 0 aliphatic carbocycles. The van der Waals surface area contributed by atoms with Gasteiger partial charge in [-0.05, 0) is 29.7 Å². The first-order chi connectivity index (χ1) is 15.7. The van der Waals surface area contributed by atoms with Crippen molar-refractivity contribution in [3.63, 3.8) is 0 Å². The Morgan fingerprint density at radius 1 is 1.03 bits per heavy atom. The van der Waals surface area contributed by atoms with E-state index in [1.807, 2.05) is 35.0 Å². The molecule has 6 N–H and O–H groups in total. The van der Waals surface area contributed by atoms with E-state index in [4.69, 9.17) is 10.8 Å². The van der Waals surface area contributed by atoms with Gasteiger partial charge in [0.2, 0.25) is 5.91 Å². The smallest absolute Gasteiger partial charge is 0.475 e. The molecular formula is C23H24BN3O6. The molecule has 170 valence electrons. The minimum Gasteiger partial charge on any atom is -0.872 e. The van der Waals surface area contributed by atoms with Crippen LogP contribution < -0.4 is 20.7 Å². The van der Waals surface area contributed by atoms with Gasteiger partial charge in [0.05, 0.1) is 24.1 Å². The van der Waals surface area contributed by atoms with E-state index in [0.29, 0.717) is 17.9 Å². The lowest BCUT2D eigenvalue weighted by Gasteiger charge is -2.22. The normalized spacial score (nSPS) is 11.6. The predicted octanol–water partition coefficient (Wildman–Crippen LogP) is -0.342. The molecule has 9 nitrogen and oxygen atoms in total. The molecule has 3 rings (SSSR count). The number of carboxylic acid groups (broad SMARTS) is 1. The SMILES string of the molecule is Nc1cccc[n+]1Cc1ccc(CC(=O)N[C@@H](Cc2cccc(C(=O)O)c2[O-])B(O)O)cc1. The van der Waals surface area contributed by atoms with Crippen LogP contribution in [0.3, 0.4) is 0 Å². The van der Waals surface area contributed by atoms with Crippen molar-refractivity contribution in [2.24, 2.45) is 0 Å². The van der Waals surface area contributed by atoms with Crippen molar-refractivity contribution >= 4 is 24.8 Å². The standard InChI is InChI=1S/C23H24BN3O6/c25-20-6-1-2-11-27(20)14-16-9-7-15(8-10-16)12-21(28)26-19(24(32)33)13-17-4-3-5-18(22(17)29)23(30)31/h1-11,19,25,32-33H,12-14H2,(H3,26,28,29,30,31)/t19-/m0/s1. The number of carbonyl (C=O) groups excluding carboxylic acids is 1. The van der Waals surface area contributed by atoms with Crippen LogP contribution in [-0.4, -0.2) is 40.1 Å². The zero-order chi connectivity index (χ0) is 24.0. The number of benzene rings is 2. The van der Waals surface area contributed by atoms with Gasteiger partial charge < -0.3 is 25.6 Å². The van der Waals surface area contributed by atoms with E-state index in [9.17, 15) is 24.7 Å². The topological polar surface area (TPSA) is 160 Å². The van der Waals surface area contributed by atoms with Crippen LogP contribution in [0.1, 0.15) is 27.0 Å². The number of hydrogen-bond donors (Lipinski definition) is 5. The predicted molar refractivity (Wildman–Crippen MR) is 119 cm³/mol. The molecule has 0 spiro atoms. The molecule has 0 fully saturated rings. The molecule has 0 bridgehead atoms. The number of anilines is 1. The number of nitrogen functional groups attached to an aromatic ring is 1. The van der Waals surface area contributed by atoms with Gasteiger partial charge in [-0.3, -0.25) is 10.5 Å². The third-order valence-electron chi connectivity index (χ3n) is 5.19. The van der Waals surface area contributed by atoms with E-state index >= 15 is 0 Å². The largest absolute Gasteiger partial charge is 0.872 e. The summed E-state index contributed by atoms with van der Waals surface area (Å²) in [6.07, 6.45) is 1.64. The fourth-order valence-electron chi connectivity index (χ4n) is 3.42. The van der Waals surface area contributed by atoms with E-state index in [2.05, 4.69) is 5.32 Å². The number of hydrogen-bond acceptors (Lipinski definition) is 6. The number of carbonyl (C=O) groups is 2. The fourth-order valence-corrected chi connectivity index (χ4v) is 3.42. The first-order valence-electron chi connectivity index (χ1n) is 10.2. The zero-order valence-corrected chi connectivity index (χ0v) is 17.7. The zero-order valence-electron chi connectivity index (χ0n) is 17.7. The minimum absolute atomic E-state index is 0.0104. The van der Waals surface area contributed by atoms with Crippen LogP contribution in [0.25, 0.3) is 0 Å². The fraction of sp³-hybridized carbons (Fsp3) is 0.174. The van der Waals surface area contributed by atoms with Gasteiger partial charge in [0.1, 0.15) is 6.54 Å². The molecule has 0 saturated carbocycles. The molecule has 0 aliphatic rings. The molecule has 1 heterocycles. The maximum absolute atomic E-state index is 12.5. The second-order valence-corrected chi connectivity index (χ2v) is 7.64. The van der Waals surface area contributed by atoms with Crippen molar-refractivity contribution in [1.29, 1.82) is 0 Å². The molecule has 0 aliphatic heterocycles. The van der Waals surface area contributed by atoms with Crippen molar-refractivity contribution in [1.82, 2.24) is 5.32 Å². The number of para-hydroxylation sites is 1. The lowest BCUT2D eigenvalue weighted by molar-refractivity contribution is -0.674. The number of aromatic carboxylic acids is 1. The molecule has 1 aromatic heterocycles. The first kappa shape index (κ1) is 23.8. The molecule has 3 aromatic rings. The number of nitrogens with zero attached hydrogens (tertiary/aromatic N) is 1. The van der Waals surface area contributed by atoms with Crippen LogP contribution >= 0.6 is 0 Å². The number of nitrogens with two attached hydrogens (primary N) is 1. The van der Waals surface area contributed by atoms with E-state index in [0.717, 1.165) is 5.56 Å². The van der Waals surface area contributed by atoms with E-state index in [1.54, 1.807) is 18.2 Å². The monoisotopic (exact) mass is 449 g/mol. The maximum atomic E-state index is 12.5. The van der Waals surface area contributed by atoms with Crippen LogP contribution in [0.5, 0.6) is 5.75 Å². The second-order valence-electron chi connectivity index (χ2n) is 7.64. The highest BCUT2D eigenvalue weighted by atomic mass is 16.4. The summed E-state index contributed by atoms with van der Waals surface area (Å²) in [5, 5.41) is 43.2. The Hall–Kier alpha value is -3.89. The summed E-state index contributed by atoms with van der Waals surface area (Å²) in [4.78, 5) is 23.6. The first-order valence-corrected chi connectivity index (χ1v) is 10.2. The Morgan fingerprint density at radius 2 is 1.73 bits per heavy atom. The summed E-state index contributed by atoms with van der Waals surface area (Å²) in [7, 11) is -1.93. The van der Waals surface area contributed by atoms with Crippen molar-refractivity contribution in [3.05, 3.63) is 89.1 Å². The molecular weight excluding hydrogens is 425 g/mol. The van der Waals surface area contributed by atoms with E-state index in [1.165, 1.54) is 18.2 Å². The molecule has 2 aromatic carbocycles. The van der Waals surface area contributed by atoms with Crippen LogP contribution in [0, 0.1) is 0 Å². The van der Waals surface area contributed by atoms with E-state index in [-0.39, 0.29) is 18.4 Å². The maximum Gasteiger partial charge on any atom is 0.475 e. The average molecular weight is 449 g/mol. The summed E-state index contributed by atoms with van der Waals surface area (Å²) in [6.45, 7) is 0.574. The minimum atomic E-state index is -1.93. The Labute approximate surface area is 190 Å². The third kappa shape index (κ3) is 6.31. The molecule has 1 atom stereocenters. The van der Waals surface area contributed by atoms with Crippen molar-refractivity contribution in [2.75, 3.05) is 5.73 Å². The lowest BCUT2D eigenvalue weighted by Crippen LogP contribution is -2.48. The van der Waals surface area contributed by atoms with Gasteiger partial charge in [-0.15, -0.1) is 0 Å². The number of carboxylic acids is 1. The number of pyridine rings is 1. The van der Waals surface area contributed by atoms with Gasteiger partial charge in [0.25, 0.3) is 5.82 Å².